The van der Waals surface area contributed by atoms with Gasteiger partial charge in [0.2, 0.25) is 5.82 Å². The largest absolute Gasteiger partial charge is 0.494 e. The molecule has 304 valence electrons. The SMILES string of the molecule is C#CCOCCOCCOCCC1CCN(CCNC(=O)c2ncn(-c3ncc(OC)c4c(C(=O)C(=O)N5CCC(=C(C#N)c6ccccc6)CC5)c[nH]c34)n2)CC1. The van der Waals surface area contributed by atoms with Crippen molar-refractivity contribution < 1.29 is 33.3 Å². The number of hydrogen-bond donors (Lipinski definition) is 2. The Morgan fingerprint density at radius 1 is 0.983 bits per heavy atom. The van der Waals surface area contributed by atoms with Crippen molar-refractivity contribution in [3.05, 3.63) is 71.6 Å². The number of Topliss-reactive ketones (excluding diaryl/α,β-unsaturated/α-hetero) is 1. The monoisotopic (exact) mass is 791 g/mol. The predicted molar refractivity (Wildman–Crippen MR) is 214 cm³/mol. The van der Waals surface area contributed by atoms with Gasteiger partial charge < -0.3 is 39.0 Å². The quantitative estimate of drug-likeness (QED) is 0.0464. The van der Waals surface area contributed by atoms with Gasteiger partial charge in [-0.1, -0.05) is 36.3 Å². The van der Waals surface area contributed by atoms with Crippen molar-refractivity contribution in [2.75, 3.05) is 86.0 Å². The van der Waals surface area contributed by atoms with Gasteiger partial charge in [-0.3, -0.25) is 14.4 Å². The van der Waals surface area contributed by atoms with E-state index >= 15 is 0 Å². The zero-order valence-electron chi connectivity index (χ0n) is 32.8. The molecule has 0 radical (unpaired) electrons. The Kier molecular flexibility index (Phi) is 15.1. The number of carbonyl (C=O) groups is 3. The van der Waals surface area contributed by atoms with E-state index in [-0.39, 0.29) is 23.0 Å². The fourth-order valence-electron chi connectivity index (χ4n) is 7.25. The van der Waals surface area contributed by atoms with E-state index in [0.717, 1.165) is 43.5 Å². The molecule has 1 aromatic carbocycles. The minimum absolute atomic E-state index is 0.0320. The van der Waals surface area contributed by atoms with Crippen molar-refractivity contribution in [2.45, 2.75) is 32.1 Å². The van der Waals surface area contributed by atoms with Crippen LogP contribution in [0.3, 0.4) is 0 Å². The van der Waals surface area contributed by atoms with E-state index in [1.807, 2.05) is 30.3 Å². The second kappa shape index (κ2) is 21.0. The van der Waals surface area contributed by atoms with Crippen molar-refractivity contribution in [3.8, 4) is 30.0 Å². The van der Waals surface area contributed by atoms with Gasteiger partial charge in [-0.15, -0.1) is 11.5 Å². The van der Waals surface area contributed by atoms with Gasteiger partial charge >= 0.3 is 0 Å². The Morgan fingerprint density at radius 3 is 2.41 bits per heavy atom. The number of nitriles is 1. The van der Waals surface area contributed by atoms with Crippen LogP contribution in [0.4, 0.5) is 0 Å². The first-order valence-electron chi connectivity index (χ1n) is 19.6. The Morgan fingerprint density at radius 2 is 1.71 bits per heavy atom. The minimum atomic E-state index is -0.702. The number of amides is 2. The molecule has 2 aliphatic rings. The van der Waals surface area contributed by atoms with Crippen molar-refractivity contribution in [1.82, 2.24) is 39.8 Å². The number of ether oxygens (including phenoxy) is 4. The average molecular weight is 792 g/mol. The summed E-state index contributed by atoms with van der Waals surface area (Å²) >= 11 is 0. The van der Waals surface area contributed by atoms with Crippen LogP contribution in [-0.2, 0) is 19.0 Å². The number of pyridine rings is 1. The first kappa shape index (κ1) is 41.7. The molecule has 5 heterocycles. The van der Waals surface area contributed by atoms with Crippen LogP contribution in [0.2, 0.25) is 0 Å². The summed E-state index contributed by atoms with van der Waals surface area (Å²) in [6.45, 7) is 6.75. The third kappa shape index (κ3) is 10.5. The molecule has 2 N–H and O–H groups in total. The summed E-state index contributed by atoms with van der Waals surface area (Å²) in [6, 6.07) is 11.8. The average Bonchev–Trinajstić information content (AvgIpc) is 3.94. The van der Waals surface area contributed by atoms with Crippen molar-refractivity contribution in [2.24, 2.45) is 5.92 Å². The lowest BCUT2D eigenvalue weighted by Gasteiger charge is -2.31. The number of rotatable bonds is 19. The van der Waals surface area contributed by atoms with Crippen LogP contribution in [0.25, 0.3) is 22.3 Å². The zero-order chi connectivity index (χ0) is 40.7. The molecule has 0 spiro atoms. The fraction of sp³-hybridized carbons (Fsp3) is 0.452. The van der Waals surface area contributed by atoms with Gasteiger partial charge in [-0.05, 0) is 62.2 Å². The van der Waals surface area contributed by atoms with Gasteiger partial charge in [0.05, 0.1) is 67.8 Å². The van der Waals surface area contributed by atoms with E-state index in [9.17, 15) is 19.6 Å². The Bertz CT molecular complexity index is 2130. The van der Waals surface area contributed by atoms with Gasteiger partial charge in [0.15, 0.2) is 5.82 Å². The number of carbonyl (C=O) groups excluding carboxylic acids is 3. The van der Waals surface area contributed by atoms with Crippen molar-refractivity contribution >= 4 is 34.1 Å². The summed E-state index contributed by atoms with van der Waals surface area (Å²) in [5.74, 6) is 1.79. The van der Waals surface area contributed by atoms with Crippen LogP contribution in [0.15, 0.2) is 54.6 Å². The summed E-state index contributed by atoms with van der Waals surface area (Å²) < 4.78 is 23.3. The molecular weight excluding hydrogens is 743 g/mol. The van der Waals surface area contributed by atoms with E-state index in [1.54, 1.807) is 0 Å². The molecule has 4 aromatic rings. The van der Waals surface area contributed by atoms with Crippen LogP contribution in [-0.4, -0.2) is 138 Å². The van der Waals surface area contributed by atoms with Gasteiger partial charge in [0.25, 0.3) is 17.6 Å². The molecule has 2 aliphatic heterocycles. The zero-order valence-corrected chi connectivity index (χ0v) is 32.8. The number of methoxy groups -OCH3 is 1. The van der Waals surface area contributed by atoms with Crippen LogP contribution >= 0.6 is 0 Å². The number of ketones is 1. The molecule has 2 fully saturated rings. The van der Waals surface area contributed by atoms with Crippen LogP contribution < -0.4 is 10.1 Å². The highest BCUT2D eigenvalue weighted by atomic mass is 16.5. The van der Waals surface area contributed by atoms with E-state index in [0.29, 0.717) is 101 Å². The smallest absolute Gasteiger partial charge is 0.295 e. The van der Waals surface area contributed by atoms with Crippen molar-refractivity contribution in [3.63, 3.8) is 0 Å². The highest BCUT2D eigenvalue weighted by Crippen LogP contribution is 2.33. The Hall–Kier alpha value is -5.91. The number of terminal acetylenes is 1. The van der Waals surface area contributed by atoms with E-state index in [4.69, 9.17) is 25.4 Å². The number of benzene rings is 1. The lowest BCUT2D eigenvalue weighted by molar-refractivity contribution is -0.126. The summed E-state index contributed by atoms with van der Waals surface area (Å²) in [5, 5.41) is 17.5. The summed E-state index contributed by atoms with van der Waals surface area (Å²) in [7, 11) is 1.45. The van der Waals surface area contributed by atoms with Crippen LogP contribution in [0, 0.1) is 29.6 Å². The maximum absolute atomic E-state index is 13.7. The molecule has 3 aromatic heterocycles. The molecular formula is C42H49N9O7. The summed E-state index contributed by atoms with van der Waals surface area (Å²) in [4.78, 5) is 55.9. The molecule has 0 aliphatic carbocycles. The molecule has 16 nitrogen and oxygen atoms in total. The Labute approximate surface area is 337 Å². The maximum atomic E-state index is 13.7. The molecule has 0 unspecified atom stereocenters. The van der Waals surface area contributed by atoms with Crippen molar-refractivity contribution in [1.29, 1.82) is 5.26 Å². The molecule has 0 atom stereocenters. The molecule has 2 saturated heterocycles. The number of nitrogens with zero attached hydrogens (tertiary/aromatic N) is 7. The molecule has 6 rings (SSSR count). The van der Waals surface area contributed by atoms with Gasteiger partial charge in [0, 0.05) is 39.0 Å². The van der Waals surface area contributed by atoms with E-state index in [2.05, 4.69) is 42.3 Å². The number of fused-ring (bicyclic) bond motifs is 1. The second-order valence-electron chi connectivity index (χ2n) is 14.0. The number of piperidine rings is 2. The number of allylic oxidation sites excluding steroid dienone is 1. The van der Waals surface area contributed by atoms with Gasteiger partial charge in [-0.2, -0.15) is 9.94 Å². The number of aromatic nitrogens is 5. The highest BCUT2D eigenvalue weighted by Gasteiger charge is 2.30. The first-order valence-corrected chi connectivity index (χ1v) is 19.6. The third-order valence-electron chi connectivity index (χ3n) is 10.4. The standard InChI is InChI=1S/C42H49N9O7/c1-3-20-56-22-24-58-25-23-57-21-13-30-9-15-49(16-10-30)19-14-44-41(53)39-47-29-51(48-39)40-37-36(35(55-2)28-46-40)34(27-45-37)38(52)42(54)50-17-11-32(12-18-50)33(26-43)31-7-5-4-6-8-31/h1,4-8,27-30,45H,9-25H2,2H3,(H,44,53). The topological polar surface area (TPSA) is 190 Å². The normalized spacial score (nSPS) is 14.9. The van der Waals surface area contributed by atoms with E-state index in [1.165, 1.54) is 35.4 Å². The Balaban J connectivity index is 0.974. The number of H-pyrrole nitrogens is 1. The number of nitrogens with one attached hydrogen (secondary N) is 2. The highest BCUT2D eigenvalue weighted by molar-refractivity contribution is 6.45. The number of aromatic amines is 1. The van der Waals surface area contributed by atoms with Crippen LogP contribution in [0.1, 0.15) is 58.6 Å². The predicted octanol–water partition coefficient (Wildman–Crippen LogP) is 3.45. The molecule has 0 saturated carbocycles. The molecule has 2 amide bonds. The lowest BCUT2D eigenvalue weighted by Crippen LogP contribution is -2.40. The summed E-state index contributed by atoms with van der Waals surface area (Å²) in [5.41, 5.74) is 2.92. The van der Waals surface area contributed by atoms with E-state index < -0.39 is 17.6 Å². The third-order valence-corrected chi connectivity index (χ3v) is 10.4. The summed E-state index contributed by atoms with van der Waals surface area (Å²) in [6.07, 6.45) is 13.5. The molecule has 58 heavy (non-hydrogen) atoms. The first-order chi connectivity index (χ1) is 28.4. The fourth-order valence-corrected chi connectivity index (χ4v) is 7.25. The van der Waals surface area contributed by atoms with Gasteiger partial charge in [0.1, 0.15) is 18.7 Å². The number of hydrogen-bond acceptors (Lipinski definition) is 12. The maximum Gasteiger partial charge on any atom is 0.295 e. The van der Waals surface area contributed by atoms with Gasteiger partial charge in [-0.25, -0.2) is 9.97 Å². The molecule has 0 bridgehead atoms. The lowest BCUT2D eigenvalue weighted by atomic mass is 9.93. The number of likely N-dealkylation sites (tertiary alicyclic amines) is 2. The van der Waals surface area contributed by atoms with Crippen LogP contribution in [0.5, 0.6) is 5.75 Å². The second-order valence-corrected chi connectivity index (χ2v) is 14.0. The minimum Gasteiger partial charge on any atom is -0.494 e. The molecule has 16 heteroatoms.